The summed E-state index contributed by atoms with van der Waals surface area (Å²) in [6.45, 7) is 0. The first-order chi connectivity index (χ1) is 12.6. The zero-order valence-corrected chi connectivity index (χ0v) is 16.5. The lowest BCUT2D eigenvalue weighted by atomic mass is 9.87. The molecule has 0 spiro atoms. The Hall–Kier alpha value is -1.64. The summed E-state index contributed by atoms with van der Waals surface area (Å²) in [6.07, 6.45) is 3.88. The highest BCUT2D eigenvalue weighted by molar-refractivity contribution is 8.01. The Morgan fingerprint density at radius 2 is 2.04 bits per heavy atom. The summed E-state index contributed by atoms with van der Waals surface area (Å²) in [4.78, 5) is 28.2. The number of nitrogens with zero attached hydrogens (tertiary/aromatic N) is 1. The molecule has 1 saturated carbocycles. The number of thiazole rings is 1. The number of fused-ring (bicyclic) bond motifs is 1. The minimum atomic E-state index is -0.273. The van der Waals surface area contributed by atoms with Crippen LogP contribution in [-0.2, 0) is 19.1 Å². The molecule has 1 fully saturated rings. The Kier molecular flexibility index (Phi) is 6.50. The molecule has 2 aromatic rings. The van der Waals surface area contributed by atoms with Crippen molar-refractivity contribution >= 4 is 50.9 Å². The Labute approximate surface area is 160 Å². The van der Waals surface area contributed by atoms with Crippen LogP contribution in [0.4, 0.5) is 5.69 Å². The second-order valence-corrected chi connectivity index (χ2v) is 8.48. The van der Waals surface area contributed by atoms with Crippen LogP contribution in [0.5, 0.6) is 0 Å². The van der Waals surface area contributed by atoms with Gasteiger partial charge in [0.25, 0.3) is 0 Å². The largest absolute Gasteiger partial charge is 0.468 e. The number of anilines is 1. The van der Waals surface area contributed by atoms with Gasteiger partial charge in [0.15, 0.2) is 4.34 Å². The van der Waals surface area contributed by atoms with Gasteiger partial charge >= 0.3 is 5.97 Å². The molecular formula is C18H22N2O4S2. The standard InChI is InChI=1S/C18H22N2O4S2/c1-23-13-6-3-11(4-7-13)17(22)19-12-5-8-14-15(9-12)26-18(20-14)25-10-16(21)24-2/h5,8-9,11,13H,3-4,6-7,10H2,1-2H3,(H,19,22). The molecule has 0 saturated heterocycles. The summed E-state index contributed by atoms with van der Waals surface area (Å²) in [6, 6.07) is 5.70. The van der Waals surface area contributed by atoms with Crippen LogP contribution in [0.15, 0.2) is 22.5 Å². The van der Waals surface area contributed by atoms with E-state index in [-0.39, 0.29) is 29.7 Å². The number of methoxy groups -OCH3 is 2. The van der Waals surface area contributed by atoms with Gasteiger partial charge in [-0.1, -0.05) is 11.8 Å². The Morgan fingerprint density at radius 1 is 1.27 bits per heavy atom. The highest BCUT2D eigenvalue weighted by Crippen LogP contribution is 2.32. The van der Waals surface area contributed by atoms with Crippen molar-refractivity contribution in [3.8, 4) is 0 Å². The number of carbonyl (C=O) groups excluding carboxylic acids is 2. The van der Waals surface area contributed by atoms with Gasteiger partial charge in [-0.25, -0.2) is 4.98 Å². The van der Waals surface area contributed by atoms with E-state index in [4.69, 9.17) is 4.74 Å². The van der Waals surface area contributed by atoms with Crippen molar-refractivity contribution in [1.29, 1.82) is 0 Å². The molecule has 0 bridgehead atoms. The maximum absolute atomic E-state index is 12.5. The summed E-state index contributed by atoms with van der Waals surface area (Å²) >= 11 is 2.86. The van der Waals surface area contributed by atoms with Gasteiger partial charge in [-0.2, -0.15) is 0 Å². The predicted molar refractivity (Wildman–Crippen MR) is 104 cm³/mol. The van der Waals surface area contributed by atoms with Crippen LogP contribution in [0.2, 0.25) is 0 Å². The van der Waals surface area contributed by atoms with Crippen LogP contribution >= 0.6 is 23.1 Å². The van der Waals surface area contributed by atoms with Gasteiger partial charge in [0.2, 0.25) is 5.91 Å². The quantitative estimate of drug-likeness (QED) is 0.595. The van der Waals surface area contributed by atoms with E-state index in [2.05, 4.69) is 15.0 Å². The van der Waals surface area contributed by atoms with E-state index in [1.165, 1.54) is 30.2 Å². The fourth-order valence-electron chi connectivity index (χ4n) is 3.03. The van der Waals surface area contributed by atoms with Crippen LogP contribution in [-0.4, -0.2) is 42.9 Å². The molecule has 1 heterocycles. The molecule has 26 heavy (non-hydrogen) atoms. The molecule has 1 aromatic heterocycles. The minimum Gasteiger partial charge on any atom is -0.468 e. The third-order valence-corrected chi connectivity index (χ3v) is 6.69. The number of thioether (sulfide) groups is 1. The average Bonchev–Trinajstić information content (AvgIpc) is 3.08. The molecule has 0 aliphatic heterocycles. The molecule has 6 nitrogen and oxygen atoms in total. The van der Waals surface area contributed by atoms with E-state index < -0.39 is 0 Å². The van der Waals surface area contributed by atoms with E-state index in [1.807, 2.05) is 18.2 Å². The molecule has 1 aliphatic carbocycles. The number of hydrogen-bond donors (Lipinski definition) is 1. The lowest BCUT2D eigenvalue weighted by Gasteiger charge is -2.26. The zero-order valence-electron chi connectivity index (χ0n) is 14.8. The first-order valence-corrected chi connectivity index (χ1v) is 10.3. The maximum Gasteiger partial charge on any atom is 0.316 e. The Balaban J connectivity index is 1.61. The fourth-order valence-corrected chi connectivity index (χ4v) is 4.97. The van der Waals surface area contributed by atoms with E-state index in [1.54, 1.807) is 7.11 Å². The molecule has 0 unspecified atom stereocenters. The smallest absolute Gasteiger partial charge is 0.316 e. The number of benzene rings is 1. The van der Waals surface area contributed by atoms with Crippen molar-refractivity contribution in [1.82, 2.24) is 4.98 Å². The molecule has 0 radical (unpaired) electrons. The molecule has 140 valence electrons. The van der Waals surface area contributed by atoms with Crippen LogP contribution in [0, 0.1) is 5.92 Å². The second kappa shape index (κ2) is 8.83. The number of hydrogen-bond acceptors (Lipinski definition) is 7. The highest BCUT2D eigenvalue weighted by Gasteiger charge is 2.26. The Bertz CT molecular complexity index is 785. The first kappa shape index (κ1) is 19.1. The van der Waals surface area contributed by atoms with Crippen LogP contribution < -0.4 is 5.32 Å². The number of esters is 1. The molecule has 1 aromatic carbocycles. The fraction of sp³-hybridized carbons (Fsp3) is 0.500. The van der Waals surface area contributed by atoms with Crippen molar-refractivity contribution in [3.63, 3.8) is 0 Å². The number of aromatic nitrogens is 1. The minimum absolute atomic E-state index is 0.0460. The van der Waals surface area contributed by atoms with Crippen LogP contribution in [0.1, 0.15) is 25.7 Å². The van der Waals surface area contributed by atoms with E-state index in [0.29, 0.717) is 0 Å². The lowest BCUT2D eigenvalue weighted by Crippen LogP contribution is -2.29. The predicted octanol–water partition coefficient (Wildman–Crippen LogP) is 3.71. The third kappa shape index (κ3) is 4.75. The SMILES string of the molecule is COC(=O)CSc1nc2ccc(NC(=O)C3CCC(OC)CC3)cc2s1. The zero-order chi connectivity index (χ0) is 18.5. The van der Waals surface area contributed by atoms with Crippen molar-refractivity contribution < 1.29 is 19.1 Å². The number of ether oxygens (including phenoxy) is 2. The molecule has 8 heteroatoms. The topological polar surface area (TPSA) is 77.5 Å². The normalized spacial score (nSPS) is 20.1. The third-order valence-electron chi connectivity index (χ3n) is 4.56. The van der Waals surface area contributed by atoms with Gasteiger partial charge in [0.1, 0.15) is 0 Å². The van der Waals surface area contributed by atoms with Gasteiger partial charge in [0.05, 0.1) is 29.2 Å². The van der Waals surface area contributed by atoms with Gasteiger partial charge in [0, 0.05) is 18.7 Å². The van der Waals surface area contributed by atoms with E-state index >= 15 is 0 Å². The van der Waals surface area contributed by atoms with Gasteiger partial charge in [-0.05, 0) is 43.9 Å². The van der Waals surface area contributed by atoms with Gasteiger partial charge < -0.3 is 14.8 Å². The van der Waals surface area contributed by atoms with Crippen molar-refractivity contribution in [2.45, 2.75) is 36.1 Å². The van der Waals surface area contributed by atoms with Gasteiger partial charge in [-0.3, -0.25) is 9.59 Å². The highest BCUT2D eigenvalue weighted by atomic mass is 32.2. The number of amides is 1. The molecule has 1 amide bonds. The summed E-state index contributed by atoms with van der Waals surface area (Å²) in [5, 5.41) is 3.02. The second-order valence-electron chi connectivity index (χ2n) is 6.23. The summed E-state index contributed by atoms with van der Waals surface area (Å²) < 4.78 is 11.8. The number of carbonyl (C=O) groups is 2. The van der Waals surface area contributed by atoms with Crippen molar-refractivity contribution in [3.05, 3.63) is 18.2 Å². The molecule has 1 N–H and O–H groups in total. The molecular weight excluding hydrogens is 372 g/mol. The maximum atomic E-state index is 12.5. The van der Waals surface area contributed by atoms with Crippen molar-refractivity contribution in [2.24, 2.45) is 5.92 Å². The van der Waals surface area contributed by atoms with E-state index in [0.717, 1.165) is 45.9 Å². The van der Waals surface area contributed by atoms with Gasteiger partial charge in [-0.15, -0.1) is 11.3 Å². The molecule has 0 atom stereocenters. The number of nitrogens with one attached hydrogen (secondary N) is 1. The monoisotopic (exact) mass is 394 g/mol. The summed E-state index contributed by atoms with van der Waals surface area (Å²) in [7, 11) is 3.10. The molecule has 3 rings (SSSR count). The Morgan fingerprint density at radius 3 is 2.73 bits per heavy atom. The number of rotatable bonds is 6. The van der Waals surface area contributed by atoms with Crippen LogP contribution in [0.3, 0.4) is 0 Å². The van der Waals surface area contributed by atoms with Crippen LogP contribution in [0.25, 0.3) is 10.2 Å². The summed E-state index contributed by atoms with van der Waals surface area (Å²) in [5.41, 5.74) is 1.64. The van der Waals surface area contributed by atoms with Crippen molar-refractivity contribution in [2.75, 3.05) is 25.3 Å². The lowest BCUT2D eigenvalue weighted by molar-refractivity contribution is -0.137. The molecule has 1 aliphatic rings. The van der Waals surface area contributed by atoms with E-state index in [9.17, 15) is 9.59 Å². The first-order valence-electron chi connectivity index (χ1n) is 8.53. The average molecular weight is 395 g/mol. The summed E-state index contributed by atoms with van der Waals surface area (Å²) in [5.74, 6) is 0.0863.